The van der Waals surface area contributed by atoms with Crippen molar-refractivity contribution in [3.8, 4) is 11.1 Å². The molecule has 1 atom stereocenters. The molecule has 2 aromatic rings. The number of rotatable bonds is 2. The molecule has 1 aliphatic heterocycles. The van der Waals surface area contributed by atoms with Gasteiger partial charge in [-0.2, -0.15) is 0 Å². The van der Waals surface area contributed by atoms with Crippen molar-refractivity contribution in [3.05, 3.63) is 48.0 Å². The number of hydrogen-bond acceptors (Lipinski definition) is 2. The molecule has 1 N–H and O–H groups in total. The Morgan fingerprint density at radius 1 is 1.33 bits per heavy atom. The van der Waals surface area contributed by atoms with Gasteiger partial charge in [0.25, 0.3) is 0 Å². The van der Waals surface area contributed by atoms with Crippen LogP contribution in [0.1, 0.15) is 25.3 Å². The van der Waals surface area contributed by atoms with E-state index in [9.17, 15) is 9.18 Å². The number of benzene rings is 1. The summed E-state index contributed by atoms with van der Waals surface area (Å²) < 4.78 is 13.4. The van der Waals surface area contributed by atoms with Gasteiger partial charge in [-0.25, -0.2) is 9.18 Å². The topological polar surface area (TPSA) is 45.2 Å². The third-order valence-corrected chi connectivity index (χ3v) is 4.45. The molecule has 1 aromatic carbocycles. The van der Waals surface area contributed by atoms with Gasteiger partial charge in [-0.3, -0.25) is 4.98 Å². The van der Waals surface area contributed by atoms with Crippen molar-refractivity contribution in [1.82, 2.24) is 9.88 Å². The monoisotopic (exact) mass is 327 g/mol. The Hall–Kier alpha value is -2.43. The van der Waals surface area contributed by atoms with Gasteiger partial charge in [0.1, 0.15) is 5.82 Å². The van der Waals surface area contributed by atoms with E-state index < -0.39 is 0 Å². The summed E-state index contributed by atoms with van der Waals surface area (Å²) in [4.78, 5) is 18.2. The molecule has 0 saturated carbocycles. The van der Waals surface area contributed by atoms with Crippen molar-refractivity contribution in [1.29, 1.82) is 0 Å². The molecule has 0 bridgehead atoms. The summed E-state index contributed by atoms with van der Waals surface area (Å²) in [7, 11) is 0. The second-order valence-corrected chi connectivity index (χ2v) is 6.55. The fourth-order valence-electron chi connectivity index (χ4n) is 3.15. The Balaban J connectivity index is 1.80. The number of urea groups is 1. The number of aryl methyl sites for hydroxylation is 1. The van der Waals surface area contributed by atoms with Crippen molar-refractivity contribution >= 4 is 11.7 Å². The van der Waals surface area contributed by atoms with E-state index in [0.717, 1.165) is 30.6 Å². The maximum atomic E-state index is 13.4. The molecule has 1 saturated heterocycles. The zero-order valence-electron chi connectivity index (χ0n) is 14.1. The fraction of sp³-hybridized carbons (Fsp3) is 0.368. The number of amides is 2. The molecule has 1 aromatic heterocycles. The average molecular weight is 327 g/mol. The number of aromatic nitrogens is 1. The van der Waals surface area contributed by atoms with Crippen LogP contribution < -0.4 is 5.32 Å². The zero-order valence-corrected chi connectivity index (χ0v) is 14.1. The van der Waals surface area contributed by atoms with Gasteiger partial charge in [0.15, 0.2) is 0 Å². The number of halogens is 1. The third-order valence-electron chi connectivity index (χ3n) is 4.45. The second kappa shape index (κ2) is 6.99. The largest absolute Gasteiger partial charge is 0.324 e. The van der Waals surface area contributed by atoms with E-state index in [2.05, 4.69) is 17.2 Å². The molecule has 2 heterocycles. The number of nitrogens with zero attached hydrogens (tertiary/aromatic N) is 2. The van der Waals surface area contributed by atoms with E-state index in [-0.39, 0.29) is 11.8 Å². The molecule has 2 amide bonds. The summed E-state index contributed by atoms with van der Waals surface area (Å²) in [6.07, 6.45) is 5.03. The number of carbonyl (C=O) groups excluding carboxylic acids is 1. The molecule has 0 spiro atoms. The van der Waals surface area contributed by atoms with Gasteiger partial charge in [-0.05, 0) is 55.0 Å². The maximum Gasteiger partial charge on any atom is 0.321 e. The van der Waals surface area contributed by atoms with Crippen LogP contribution in [0.4, 0.5) is 14.9 Å². The second-order valence-electron chi connectivity index (χ2n) is 6.55. The predicted molar refractivity (Wildman–Crippen MR) is 93.4 cm³/mol. The minimum absolute atomic E-state index is 0.0753. The lowest BCUT2D eigenvalue weighted by molar-refractivity contribution is 0.182. The highest BCUT2D eigenvalue weighted by Gasteiger charge is 2.21. The number of nitrogens with one attached hydrogen (secondary N) is 1. The highest BCUT2D eigenvalue weighted by atomic mass is 19.1. The summed E-state index contributed by atoms with van der Waals surface area (Å²) in [5, 5.41) is 2.96. The first-order valence-electron chi connectivity index (χ1n) is 8.30. The molecule has 24 heavy (non-hydrogen) atoms. The number of pyridine rings is 1. The predicted octanol–water partition coefficient (Wildman–Crippen LogP) is 4.46. The molecule has 126 valence electrons. The quantitative estimate of drug-likeness (QED) is 0.885. The first-order chi connectivity index (χ1) is 11.5. The molecule has 1 unspecified atom stereocenters. The van der Waals surface area contributed by atoms with Gasteiger partial charge in [0, 0.05) is 30.5 Å². The van der Waals surface area contributed by atoms with Crippen LogP contribution in [0, 0.1) is 18.7 Å². The van der Waals surface area contributed by atoms with Crippen molar-refractivity contribution in [2.45, 2.75) is 26.7 Å². The summed E-state index contributed by atoms with van der Waals surface area (Å²) in [6.45, 7) is 5.71. The Labute approximate surface area is 141 Å². The highest BCUT2D eigenvalue weighted by Crippen LogP contribution is 2.27. The van der Waals surface area contributed by atoms with Gasteiger partial charge in [-0.1, -0.05) is 13.0 Å². The first kappa shape index (κ1) is 16.4. The van der Waals surface area contributed by atoms with Crippen LogP contribution in [0.5, 0.6) is 0 Å². The van der Waals surface area contributed by atoms with Crippen LogP contribution in [0.15, 0.2) is 36.7 Å². The number of piperidine rings is 1. The number of hydrogen-bond donors (Lipinski definition) is 1. The number of anilines is 1. The zero-order chi connectivity index (χ0) is 17.1. The molecule has 1 fully saturated rings. The van der Waals surface area contributed by atoms with Gasteiger partial charge < -0.3 is 10.2 Å². The fourth-order valence-corrected chi connectivity index (χ4v) is 3.15. The van der Waals surface area contributed by atoms with Gasteiger partial charge >= 0.3 is 6.03 Å². The van der Waals surface area contributed by atoms with Crippen molar-refractivity contribution in [2.24, 2.45) is 5.92 Å². The van der Waals surface area contributed by atoms with Crippen LogP contribution in [-0.4, -0.2) is 29.0 Å². The normalized spacial score (nSPS) is 17.6. The molecule has 5 heteroatoms. The highest BCUT2D eigenvalue weighted by molar-refractivity contribution is 5.90. The van der Waals surface area contributed by atoms with Crippen LogP contribution in [0.25, 0.3) is 11.1 Å². The van der Waals surface area contributed by atoms with E-state index in [0.29, 0.717) is 17.2 Å². The molecule has 3 rings (SSSR count). The van der Waals surface area contributed by atoms with Gasteiger partial charge in [0.05, 0.1) is 6.20 Å². The van der Waals surface area contributed by atoms with Crippen LogP contribution in [0.2, 0.25) is 0 Å². The third kappa shape index (κ3) is 3.72. The minimum atomic E-state index is -0.372. The Bertz CT molecular complexity index is 747. The lowest BCUT2D eigenvalue weighted by Gasteiger charge is -2.31. The standard InChI is InChI=1S/C19H22FN3O/c1-13-4-3-7-23(12-13)19(24)22-17-6-5-14(2)18(9-17)15-8-16(20)11-21-10-15/h5-6,8-11,13H,3-4,7,12H2,1-2H3,(H,22,24). The van der Waals surface area contributed by atoms with Gasteiger partial charge in [0.2, 0.25) is 0 Å². The Morgan fingerprint density at radius 2 is 2.17 bits per heavy atom. The van der Waals surface area contributed by atoms with Crippen LogP contribution >= 0.6 is 0 Å². The lowest BCUT2D eigenvalue weighted by atomic mass is 10.0. The lowest BCUT2D eigenvalue weighted by Crippen LogP contribution is -2.41. The van der Waals surface area contributed by atoms with Crippen LogP contribution in [-0.2, 0) is 0 Å². The molecule has 0 radical (unpaired) electrons. The number of likely N-dealkylation sites (tertiary alicyclic amines) is 1. The van der Waals surface area contributed by atoms with Crippen molar-refractivity contribution < 1.29 is 9.18 Å². The van der Waals surface area contributed by atoms with Crippen molar-refractivity contribution in [3.63, 3.8) is 0 Å². The van der Waals surface area contributed by atoms with Crippen LogP contribution in [0.3, 0.4) is 0 Å². The molecular weight excluding hydrogens is 305 g/mol. The van der Waals surface area contributed by atoms with E-state index in [1.807, 2.05) is 30.0 Å². The molecule has 1 aliphatic rings. The smallest absolute Gasteiger partial charge is 0.321 e. The molecule has 0 aliphatic carbocycles. The minimum Gasteiger partial charge on any atom is -0.324 e. The Kier molecular flexibility index (Phi) is 4.79. The van der Waals surface area contributed by atoms with E-state index in [1.165, 1.54) is 18.7 Å². The number of carbonyl (C=O) groups is 1. The maximum absolute atomic E-state index is 13.4. The van der Waals surface area contributed by atoms with E-state index in [4.69, 9.17) is 0 Å². The van der Waals surface area contributed by atoms with Gasteiger partial charge in [-0.15, -0.1) is 0 Å². The SMILES string of the molecule is Cc1ccc(NC(=O)N2CCCC(C)C2)cc1-c1cncc(F)c1. The summed E-state index contributed by atoms with van der Waals surface area (Å²) >= 11 is 0. The molecular formula is C19H22FN3O. The van der Waals surface area contributed by atoms with E-state index in [1.54, 1.807) is 6.20 Å². The molecule has 4 nitrogen and oxygen atoms in total. The summed E-state index contributed by atoms with van der Waals surface area (Å²) in [5.74, 6) is 0.167. The van der Waals surface area contributed by atoms with E-state index >= 15 is 0 Å². The summed E-state index contributed by atoms with van der Waals surface area (Å²) in [5.41, 5.74) is 3.29. The first-order valence-corrected chi connectivity index (χ1v) is 8.30. The summed E-state index contributed by atoms with van der Waals surface area (Å²) in [6, 6.07) is 7.05. The average Bonchev–Trinajstić information content (AvgIpc) is 2.56. The Morgan fingerprint density at radius 3 is 2.92 bits per heavy atom. The van der Waals surface area contributed by atoms with Crippen molar-refractivity contribution in [2.75, 3.05) is 18.4 Å².